The molecule has 0 spiro atoms. The number of nitrogens with one attached hydrogen (secondary N) is 1. The first-order chi connectivity index (χ1) is 9.74. The van der Waals surface area contributed by atoms with Crippen LogP contribution in [0.2, 0.25) is 5.02 Å². The number of halogens is 1. The van der Waals surface area contributed by atoms with E-state index in [0.717, 1.165) is 5.02 Å². The van der Waals surface area contributed by atoms with E-state index in [1.807, 2.05) is 30.0 Å². The minimum atomic E-state index is 0.301. The first kappa shape index (κ1) is 14.0. The standard InChI is InChI=1S/C17H18ClNS/c1-12(13-5-4-6-14(18)11-13)19-16-9-10-20-17-8-3-2-7-15(16)17/h2-8,11-12,16,19H,9-10H2,1H3. The van der Waals surface area contributed by atoms with E-state index in [2.05, 4.69) is 42.6 Å². The van der Waals surface area contributed by atoms with Crippen LogP contribution >= 0.6 is 23.4 Å². The molecule has 0 aromatic heterocycles. The quantitative estimate of drug-likeness (QED) is 0.833. The van der Waals surface area contributed by atoms with Crippen LogP contribution in [0.3, 0.4) is 0 Å². The Morgan fingerprint density at radius 2 is 2.05 bits per heavy atom. The van der Waals surface area contributed by atoms with Crippen molar-refractivity contribution in [3.8, 4) is 0 Å². The van der Waals surface area contributed by atoms with Crippen LogP contribution in [-0.4, -0.2) is 5.75 Å². The first-order valence-electron chi connectivity index (χ1n) is 6.97. The maximum Gasteiger partial charge on any atom is 0.0409 e. The summed E-state index contributed by atoms with van der Waals surface area (Å²) >= 11 is 8.04. The smallest absolute Gasteiger partial charge is 0.0409 e. The van der Waals surface area contributed by atoms with Gasteiger partial charge in [0.15, 0.2) is 0 Å². The molecule has 2 aromatic rings. The van der Waals surface area contributed by atoms with E-state index in [0.29, 0.717) is 12.1 Å². The van der Waals surface area contributed by atoms with Gasteiger partial charge in [0.1, 0.15) is 0 Å². The molecule has 20 heavy (non-hydrogen) atoms. The molecule has 2 atom stereocenters. The zero-order valence-electron chi connectivity index (χ0n) is 11.5. The summed E-state index contributed by atoms with van der Waals surface area (Å²) in [5.74, 6) is 1.18. The summed E-state index contributed by atoms with van der Waals surface area (Å²) < 4.78 is 0. The second-order valence-electron chi connectivity index (χ2n) is 5.17. The SMILES string of the molecule is CC(NC1CCSc2ccccc21)c1cccc(Cl)c1. The van der Waals surface area contributed by atoms with Crippen molar-refractivity contribution < 1.29 is 0 Å². The largest absolute Gasteiger partial charge is 0.303 e. The molecule has 0 aliphatic carbocycles. The number of hydrogen-bond acceptors (Lipinski definition) is 2. The van der Waals surface area contributed by atoms with E-state index in [9.17, 15) is 0 Å². The van der Waals surface area contributed by atoms with Crippen LogP contribution in [0.4, 0.5) is 0 Å². The molecular weight excluding hydrogens is 286 g/mol. The Morgan fingerprint density at radius 1 is 1.20 bits per heavy atom. The fourth-order valence-electron chi connectivity index (χ4n) is 2.69. The highest BCUT2D eigenvalue weighted by Gasteiger charge is 2.21. The Labute approximate surface area is 129 Å². The first-order valence-corrected chi connectivity index (χ1v) is 8.33. The van der Waals surface area contributed by atoms with Crippen molar-refractivity contribution in [1.82, 2.24) is 5.32 Å². The van der Waals surface area contributed by atoms with Gasteiger partial charge in [0.2, 0.25) is 0 Å². The summed E-state index contributed by atoms with van der Waals surface area (Å²) in [6.45, 7) is 2.20. The molecule has 0 saturated heterocycles. The molecule has 1 aliphatic heterocycles. The molecule has 0 bridgehead atoms. The van der Waals surface area contributed by atoms with Crippen LogP contribution in [0, 0.1) is 0 Å². The maximum atomic E-state index is 6.08. The average Bonchev–Trinajstić information content (AvgIpc) is 2.47. The van der Waals surface area contributed by atoms with Crippen molar-refractivity contribution in [2.75, 3.05) is 5.75 Å². The Morgan fingerprint density at radius 3 is 2.90 bits per heavy atom. The van der Waals surface area contributed by atoms with Gasteiger partial charge in [-0.05, 0) is 48.4 Å². The van der Waals surface area contributed by atoms with E-state index in [1.165, 1.54) is 28.2 Å². The summed E-state index contributed by atoms with van der Waals surface area (Å²) in [5.41, 5.74) is 2.67. The highest BCUT2D eigenvalue weighted by Crippen LogP contribution is 2.37. The zero-order valence-corrected chi connectivity index (χ0v) is 13.0. The molecular formula is C17H18ClNS. The van der Waals surface area contributed by atoms with Crippen LogP contribution in [0.5, 0.6) is 0 Å². The van der Waals surface area contributed by atoms with Crippen LogP contribution in [0.15, 0.2) is 53.4 Å². The third-order valence-electron chi connectivity index (χ3n) is 3.76. The molecule has 0 amide bonds. The van der Waals surface area contributed by atoms with Gasteiger partial charge in [-0.25, -0.2) is 0 Å². The molecule has 0 radical (unpaired) electrons. The van der Waals surface area contributed by atoms with Crippen LogP contribution in [0.1, 0.15) is 36.6 Å². The van der Waals surface area contributed by atoms with Gasteiger partial charge in [-0.15, -0.1) is 11.8 Å². The summed E-state index contributed by atoms with van der Waals surface area (Å²) in [7, 11) is 0. The lowest BCUT2D eigenvalue weighted by molar-refractivity contribution is 0.450. The van der Waals surface area contributed by atoms with E-state index in [4.69, 9.17) is 11.6 Å². The summed E-state index contributed by atoms with van der Waals surface area (Å²) in [4.78, 5) is 1.41. The van der Waals surface area contributed by atoms with Crippen LogP contribution < -0.4 is 5.32 Å². The molecule has 3 heteroatoms. The van der Waals surface area contributed by atoms with Crippen molar-refractivity contribution in [3.63, 3.8) is 0 Å². The molecule has 1 aliphatic rings. The van der Waals surface area contributed by atoms with Crippen molar-refractivity contribution in [3.05, 3.63) is 64.7 Å². The van der Waals surface area contributed by atoms with Crippen molar-refractivity contribution in [2.45, 2.75) is 30.3 Å². The second-order valence-corrected chi connectivity index (χ2v) is 6.74. The van der Waals surface area contributed by atoms with Crippen molar-refractivity contribution >= 4 is 23.4 Å². The topological polar surface area (TPSA) is 12.0 Å². The molecule has 104 valence electrons. The monoisotopic (exact) mass is 303 g/mol. The van der Waals surface area contributed by atoms with Crippen LogP contribution in [0.25, 0.3) is 0 Å². The summed E-state index contributed by atoms with van der Waals surface area (Å²) in [6.07, 6.45) is 1.17. The van der Waals surface area contributed by atoms with Gasteiger partial charge in [-0.3, -0.25) is 0 Å². The molecule has 1 N–H and O–H groups in total. The molecule has 0 saturated carbocycles. The normalized spacial score (nSPS) is 19.4. The summed E-state index contributed by atoms with van der Waals surface area (Å²) in [6, 6.07) is 17.6. The summed E-state index contributed by atoms with van der Waals surface area (Å²) in [5, 5.41) is 4.55. The van der Waals surface area contributed by atoms with Gasteiger partial charge in [-0.2, -0.15) is 0 Å². The highest BCUT2D eigenvalue weighted by atomic mass is 35.5. The van der Waals surface area contributed by atoms with Gasteiger partial charge >= 0.3 is 0 Å². The number of rotatable bonds is 3. The number of benzene rings is 2. The van der Waals surface area contributed by atoms with Gasteiger partial charge < -0.3 is 5.32 Å². The van der Waals surface area contributed by atoms with Gasteiger partial charge in [-0.1, -0.05) is 41.9 Å². The lowest BCUT2D eigenvalue weighted by Crippen LogP contribution is -2.27. The lowest BCUT2D eigenvalue weighted by atomic mass is 10.0. The third kappa shape index (κ3) is 3.03. The Hall–Kier alpha value is -0.960. The molecule has 2 aromatic carbocycles. The Balaban J connectivity index is 1.79. The highest BCUT2D eigenvalue weighted by molar-refractivity contribution is 7.99. The van der Waals surface area contributed by atoms with Gasteiger partial charge in [0.25, 0.3) is 0 Å². The lowest BCUT2D eigenvalue weighted by Gasteiger charge is -2.29. The van der Waals surface area contributed by atoms with Gasteiger partial charge in [0, 0.05) is 22.0 Å². The predicted octanol–water partition coefficient (Wildman–Crippen LogP) is 5.23. The number of hydrogen-bond donors (Lipinski definition) is 1. The Kier molecular flexibility index (Phi) is 4.35. The predicted molar refractivity (Wildman–Crippen MR) is 87.5 cm³/mol. The molecule has 0 fully saturated rings. The molecule has 1 nitrogen and oxygen atoms in total. The van der Waals surface area contributed by atoms with E-state index < -0.39 is 0 Å². The number of thioether (sulfide) groups is 1. The average molecular weight is 304 g/mol. The van der Waals surface area contributed by atoms with E-state index in [-0.39, 0.29) is 0 Å². The molecule has 2 unspecified atom stereocenters. The zero-order chi connectivity index (χ0) is 13.9. The van der Waals surface area contributed by atoms with Crippen molar-refractivity contribution in [1.29, 1.82) is 0 Å². The van der Waals surface area contributed by atoms with Crippen LogP contribution in [-0.2, 0) is 0 Å². The minimum Gasteiger partial charge on any atom is -0.303 e. The molecule has 3 rings (SSSR count). The molecule has 1 heterocycles. The van der Waals surface area contributed by atoms with E-state index >= 15 is 0 Å². The fourth-order valence-corrected chi connectivity index (χ4v) is 4.01. The Bertz CT molecular complexity index is 599. The van der Waals surface area contributed by atoms with E-state index in [1.54, 1.807) is 0 Å². The number of fused-ring (bicyclic) bond motifs is 1. The fraction of sp³-hybridized carbons (Fsp3) is 0.294. The third-order valence-corrected chi connectivity index (χ3v) is 5.12. The maximum absolute atomic E-state index is 6.08. The minimum absolute atomic E-state index is 0.301. The van der Waals surface area contributed by atoms with Crippen molar-refractivity contribution in [2.24, 2.45) is 0 Å². The second kappa shape index (κ2) is 6.21. The van der Waals surface area contributed by atoms with Gasteiger partial charge in [0.05, 0.1) is 0 Å².